The van der Waals surface area contributed by atoms with E-state index in [1.54, 1.807) is 11.8 Å². The number of carbonyl (C=O) groups excluding carboxylic acids is 2. The summed E-state index contributed by atoms with van der Waals surface area (Å²) in [6.45, 7) is 4.54. The molecule has 7 nitrogen and oxygen atoms in total. The Bertz CT molecular complexity index is 1100. The number of likely N-dealkylation sites (tertiary alicyclic amines) is 1. The molecule has 0 bridgehead atoms. The molecule has 5 rings (SSSR count). The van der Waals surface area contributed by atoms with E-state index < -0.39 is 17.5 Å². The van der Waals surface area contributed by atoms with Crippen LogP contribution < -0.4 is 5.32 Å². The highest BCUT2D eigenvalue weighted by Gasteiger charge is 2.50. The highest BCUT2D eigenvalue weighted by molar-refractivity contribution is 5.83. The van der Waals surface area contributed by atoms with E-state index in [4.69, 9.17) is 4.74 Å². The Hall–Kier alpha value is -3.35. The maximum absolute atomic E-state index is 12.8. The van der Waals surface area contributed by atoms with E-state index >= 15 is 0 Å². The van der Waals surface area contributed by atoms with E-state index in [1.165, 1.54) is 22.3 Å². The summed E-state index contributed by atoms with van der Waals surface area (Å²) in [5, 5.41) is 12.4. The van der Waals surface area contributed by atoms with Crippen LogP contribution in [0.5, 0.6) is 0 Å². The lowest BCUT2D eigenvalue weighted by atomic mass is 9.79. The van der Waals surface area contributed by atoms with E-state index in [0.717, 1.165) is 0 Å². The zero-order chi connectivity index (χ0) is 24.0. The molecule has 1 saturated carbocycles. The molecule has 178 valence electrons. The number of hydrogen-bond donors (Lipinski definition) is 2. The number of nitrogens with one attached hydrogen (secondary N) is 1. The molecule has 2 aromatic rings. The number of hydrogen-bond acceptors (Lipinski definition) is 4. The number of alkyl carbamates (subject to hydrolysis) is 1. The first-order valence-electron chi connectivity index (χ1n) is 11.9. The Morgan fingerprint density at radius 3 is 2.21 bits per heavy atom. The lowest BCUT2D eigenvalue weighted by molar-refractivity contribution is -0.149. The molecule has 34 heavy (non-hydrogen) atoms. The van der Waals surface area contributed by atoms with Crippen LogP contribution in [0.3, 0.4) is 0 Å². The highest BCUT2D eigenvalue weighted by Crippen LogP contribution is 2.44. The van der Waals surface area contributed by atoms with Gasteiger partial charge in [0, 0.05) is 31.0 Å². The third kappa shape index (κ3) is 3.73. The van der Waals surface area contributed by atoms with Crippen molar-refractivity contribution >= 4 is 18.0 Å². The lowest BCUT2D eigenvalue weighted by Gasteiger charge is -2.36. The topological polar surface area (TPSA) is 95.9 Å². The number of carboxylic acids is 1. The third-order valence-electron chi connectivity index (χ3n) is 8.05. The van der Waals surface area contributed by atoms with Crippen LogP contribution in [0.25, 0.3) is 11.1 Å². The minimum Gasteiger partial charge on any atom is -0.481 e. The van der Waals surface area contributed by atoms with E-state index in [0.29, 0.717) is 19.4 Å². The van der Waals surface area contributed by atoms with E-state index in [-0.39, 0.29) is 42.9 Å². The van der Waals surface area contributed by atoms with Gasteiger partial charge in [-0.25, -0.2) is 4.79 Å². The molecule has 2 fully saturated rings. The number of carbonyl (C=O) groups is 3. The quantitative estimate of drug-likeness (QED) is 0.703. The molecule has 1 saturated heterocycles. The highest BCUT2D eigenvalue weighted by atomic mass is 16.5. The Balaban J connectivity index is 1.12. The van der Waals surface area contributed by atoms with Crippen molar-refractivity contribution in [2.45, 2.75) is 38.6 Å². The zero-order valence-corrected chi connectivity index (χ0v) is 19.5. The van der Waals surface area contributed by atoms with Gasteiger partial charge in [-0.2, -0.15) is 0 Å². The summed E-state index contributed by atoms with van der Waals surface area (Å²) in [4.78, 5) is 38.6. The van der Waals surface area contributed by atoms with Gasteiger partial charge in [0.2, 0.25) is 5.91 Å². The van der Waals surface area contributed by atoms with Crippen LogP contribution in [0.4, 0.5) is 4.79 Å². The molecule has 2 atom stereocenters. The number of benzene rings is 2. The van der Waals surface area contributed by atoms with Crippen molar-refractivity contribution in [3.8, 4) is 11.1 Å². The fourth-order valence-electron chi connectivity index (χ4n) is 5.60. The number of amides is 2. The van der Waals surface area contributed by atoms with Gasteiger partial charge in [-0.05, 0) is 47.9 Å². The van der Waals surface area contributed by atoms with Crippen LogP contribution in [0, 0.1) is 17.3 Å². The van der Waals surface area contributed by atoms with Gasteiger partial charge in [0.05, 0.1) is 5.41 Å². The molecule has 1 heterocycles. The lowest BCUT2D eigenvalue weighted by Crippen LogP contribution is -2.50. The monoisotopic (exact) mass is 462 g/mol. The molecule has 2 aliphatic carbocycles. The molecule has 1 aliphatic heterocycles. The molecule has 2 N–H and O–H groups in total. The standard InChI is InChI=1S/C27H30N2O5/c1-16-13-29(15-27(16,2)25(31)32)24(30)17-11-18(12-17)28-26(33)34-14-23-21-9-5-3-7-19(21)20-8-4-6-10-22(20)23/h3-10,16-18,23H,11-15H2,1-2H3,(H,28,33)(H,31,32)/t16-,17?,18?,27-/m1/s1. The van der Waals surface area contributed by atoms with Crippen molar-refractivity contribution < 1.29 is 24.2 Å². The average Bonchev–Trinajstić information content (AvgIpc) is 3.29. The Morgan fingerprint density at radius 1 is 1.06 bits per heavy atom. The van der Waals surface area contributed by atoms with Crippen LogP contribution in [0.2, 0.25) is 0 Å². The molecule has 2 aromatic carbocycles. The van der Waals surface area contributed by atoms with Crippen LogP contribution in [-0.2, 0) is 14.3 Å². The first kappa shape index (κ1) is 22.4. The van der Waals surface area contributed by atoms with Gasteiger partial charge in [0.15, 0.2) is 0 Å². The van der Waals surface area contributed by atoms with Crippen molar-refractivity contribution in [3.05, 3.63) is 59.7 Å². The summed E-state index contributed by atoms with van der Waals surface area (Å²) in [5.41, 5.74) is 3.79. The molecular formula is C27H30N2O5. The molecule has 0 spiro atoms. The van der Waals surface area contributed by atoms with E-state index in [1.807, 2.05) is 31.2 Å². The molecular weight excluding hydrogens is 432 g/mol. The zero-order valence-electron chi connectivity index (χ0n) is 19.5. The van der Waals surface area contributed by atoms with Gasteiger partial charge in [-0.15, -0.1) is 0 Å². The number of aliphatic carboxylic acids is 1. The number of ether oxygens (including phenoxy) is 1. The van der Waals surface area contributed by atoms with Crippen LogP contribution in [0.1, 0.15) is 43.7 Å². The minimum atomic E-state index is -0.904. The molecule has 0 aromatic heterocycles. The van der Waals surface area contributed by atoms with E-state index in [2.05, 4.69) is 29.6 Å². The molecule has 3 aliphatic rings. The van der Waals surface area contributed by atoms with E-state index in [9.17, 15) is 19.5 Å². The SMILES string of the molecule is C[C@@H]1CN(C(=O)C2CC(NC(=O)OCC3c4ccccc4-c4ccccc43)C2)C[C@@]1(C)C(=O)O. The number of fused-ring (bicyclic) bond motifs is 3. The van der Waals surface area contributed by atoms with Gasteiger partial charge >= 0.3 is 12.1 Å². The first-order chi connectivity index (χ1) is 16.3. The average molecular weight is 463 g/mol. The third-order valence-corrected chi connectivity index (χ3v) is 8.05. The van der Waals surface area contributed by atoms with Crippen molar-refractivity contribution in [3.63, 3.8) is 0 Å². The molecule has 7 heteroatoms. The summed E-state index contributed by atoms with van der Waals surface area (Å²) in [5.74, 6) is -1.14. The van der Waals surface area contributed by atoms with Gasteiger partial charge in [0.25, 0.3) is 0 Å². The fourth-order valence-corrected chi connectivity index (χ4v) is 5.60. The second kappa shape index (κ2) is 8.46. The fraction of sp³-hybridized carbons (Fsp3) is 0.444. The van der Waals surface area contributed by atoms with Crippen molar-refractivity contribution in [2.24, 2.45) is 17.3 Å². The molecule has 2 amide bonds. The summed E-state index contributed by atoms with van der Waals surface area (Å²) >= 11 is 0. The van der Waals surface area contributed by atoms with Crippen molar-refractivity contribution in [2.75, 3.05) is 19.7 Å². The number of carboxylic acid groups (broad SMARTS) is 1. The Morgan fingerprint density at radius 2 is 1.65 bits per heavy atom. The van der Waals surface area contributed by atoms with Gasteiger partial charge < -0.3 is 20.1 Å². The van der Waals surface area contributed by atoms with Gasteiger partial charge in [-0.1, -0.05) is 55.5 Å². The van der Waals surface area contributed by atoms with Gasteiger partial charge in [0.1, 0.15) is 6.61 Å². The first-order valence-corrected chi connectivity index (χ1v) is 11.9. The Labute approximate surface area is 199 Å². The van der Waals surface area contributed by atoms with Gasteiger partial charge in [-0.3, -0.25) is 9.59 Å². The predicted octanol–water partition coefficient (Wildman–Crippen LogP) is 3.87. The minimum absolute atomic E-state index is 0.00886. The second-order valence-corrected chi connectivity index (χ2v) is 10.2. The molecule has 0 radical (unpaired) electrons. The number of nitrogens with zero attached hydrogens (tertiary/aromatic N) is 1. The predicted molar refractivity (Wildman–Crippen MR) is 126 cm³/mol. The maximum atomic E-state index is 12.8. The summed E-state index contributed by atoms with van der Waals surface area (Å²) < 4.78 is 5.60. The van der Waals surface area contributed by atoms with Crippen LogP contribution in [-0.4, -0.2) is 53.7 Å². The van der Waals surface area contributed by atoms with Crippen LogP contribution >= 0.6 is 0 Å². The molecule has 0 unspecified atom stereocenters. The number of rotatable bonds is 5. The van der Waals surface area contributed by atoms with Crippen molar-refractivity contribution in [1.29, 1.82) is 0 Å². The summed E-state index contributed by atoms with van der Waals surface area (Å²) in [6, 6.07) is 16.3. The smallest absolute Gasteiger partial charge is 0.407 e. The van der Waals surface area contributed by atoms with Crippen LogP contribution in [0.15, 0.2) is 48.5 Å². The maximum Gasteiger partial charge on any atom is 0.407 e. The largest absolute Gasteiger partial charge is 0.481 e. The Kier molecular flexibility index (Phi) is 5.58. The van der Waals surface area contributed by atoms with Crippen molar-refractivity contribution in [1.82, 2.24) is 10.2 Å². The summed E-state index contributed by atoms with van der Waals surface area (Å²) in [7, 11) is 0. The second-order valence-electron chi connectivity index (χ2n) is 10.2. The summed E-state index contributed by atoms with van der Waals surface area (Å²) in [6.07, 6.45) is 0.640. The normalized spacial score (nSPS) is 27.5.